The molecule has 62 valence electrons. The van der Waals surface area contributed by atoms with E-state index in [1.54, 1.807) is 22.2 Å². The highest BCUT2D eigenvalue weighted by molar-refractivity contribution is 7.13. The van der Waals surface area contributed by atoms with Crippen molar-refractivity contribution in [3.63, 3.8) is 0 Å². The minimum atomic E-state index is 0.736. The molecule has 12 heavy (non-hydrogen) atoms. The van der Waals surface area contributed by atoms with Crippen molar-refractivity contribution in [2.24, 2.45) is 7.05 Å². The molecule has 0 amide bonds. The van der Waals surface area contributed by atoms with Crippen LogP contribution in [0.2, 0.25) is 0 Å². The first-order valence-electron chi connectivity index (χ1n) is 3.60. The van der Waals surface area contributed by atoms with Crippen LogP contribution in [-0.4, -0.2) is 9.78 Å². The molecule has 2 aromatic rings. The van der Waals surface area contributed by atoms with Crippen LogP contribution in [0.1, 0.15) is 0 Å². The van der Waals surface area contributed by atoms with Crippen LogP contribution >= 0.6 is 11.3 Å². The Bertz CT molecular complexity index is 355. The number of anilines is 1. The van der Waals surface area contributed by atoms with E-state index in [1.165, 1.54) is 0 Å². The first-order valence-corrected chi connectivity index (χ1v) is 4.48. The molecule has 2 heterocycles. The van der Waals surface area contributed by atoms with Gasteiger partial charge in [-0.25, -0.2) is 0 Å². The Kier molecular flexibility index (Phi) is 1.62. The molecule has 0 fully saturated rings. The molecule has 0 unspecified atom stereocenters. The zero-order chi connectivity index (χ0) is 8.55. The largest absolute Gasteiger partial charge is 0.396 e. The van der Waals surface area contributed by atoms with Gasteiger partial charge in [0, 0.05) is 7.05 Å². The molecule has 0 aliphatic rings. The molecule has 0 aliphatic carbocycles. The lowest BCUT2D eigenvalue weighted by Gasteiger charge is -1.98. The molecular formula is C8H9N3S. The van der Waals surface area contributed by atoms with E-state index in [4.69, 9.17) is 5.73 Å². The third-order valence-electron chi connectivity index (χ3n) is 1.72. The summed E-state index contributed by atoms with van der Waals surface area (Å²) in [6, 6.07) is 4.05. The molecule has 0 bridgehead atoms. The molecule has 2 aromatic heterocycles. The summed E-state index contributed by atoms with van der Waals surface area (Å²) in [5, 5.41) is 6.10. The van der Waals surface area contributed by atoms with Crippen molar-refractivity contribution < 1.29 is 0 Å². The van der Waals surface area contributed by atoms with Gasteiger partial charge in [0.2, 0.25) is 0 Å². The van der Waals surface area contributed by atoms with Crippen LogP contribution < -0.4 is 5.73 Å². The Morgan fingerprint density at radius 1 is 1.58 bits per heavy atom. The van der Waals surface area contributed by atoms with E-state index in [0.29, 0.717) is 0 Å². The van der Waals surface area contributed by atoms with Crippen LogP contribution in [0.4, 0.5) is 5.69 Å². The minimum Gasteiger partial charge on any atom is -0.396 e. The maximum atomic E-state index is 5.76. The fourth-order valence-electron chi connectivity index (χ4n) is 1.17. The Morgan fingerprint density at radius 3 is 2.92 bits per heavy atom. The van der Waals surface area contributed by atoms with E-state index in [1.807, 2.05) is 24.6 Å². The number of aryl methyl sites for hydroxylation is 1. The topological polar surface area (TPSA) is 43.8 Å². The number of rotatable bonds is 1. The molecule has 3 nitrogen and oxygen atoms in total. The third-order valence-corrected chi connectivity index (χ3v) is 2.60. The number of nitrogens with two attached hydrogens (primary N) is 1. The minimum absolute atomic E-state index is 0.736. The van der Waals surface area contributed by atoms with Gasteiger partial charge in [0.1, 0.15) is 5.69 Å². The van der Waals surface area contributed by atoms with Crippen LogP contribution in [0, 0.1) is 0 Å². The van der Waals surface area contributed by atoms with Gasteiger partial charge < -0.3 is 5.73 Å². The fourth-order valence-corrected chi connectivity index (χ4v) is 1.99. The highest BCUT2D eigenvalue weighted by Gasteiger charge is 2.07. The Hall–Kier alpha value is -1.29. The van der Waals surface area contributed by atoms with E-state index < -0.39 is 0 Å². The van der Waals surface area contributed by atoms with Gasteiger partial charge in [0.05, 0.1) is 16.8 Å². The smallest absolute Gasteiger partial charge is 0.101 e. The monoisotopic (exact) mass is 179 g/mol. The van der Waals surface area contributed by atoms with Gasteiger partial charge in [-0.15, -0.1) is 11.3 Å². The summed E-state index contributed by atoms with van der Waals surface area (Å²) in [7, 11) is 1.89. The van der Waals surface area contributed by atoms with Gasteiger partial charge in [0.15, 0.2) is 0 Å². The molecule has 0 aromatic carbocycles. The summed E-state index contributed by atoms with van der Waals surface area (Å²) >= 11 is 1.67. The van der Waals surface area contributed by atoms with Gasteiger partial charge in [-0.05, 0) is 11.4 Å². The average Bonchev–Trinajstić information content (AvgIpc) is 2.61. The van der Waals surface area contributed by atoms with E-state index in [9.17, 15) is 0 Å². The number of hydrogen-bond acceptors (Lipinski definition) is 3. The highest BCUT2D eigenvalue weighted by Crippen LogP contribution is 2.28. The van der Waals surface area contributed by atoms with E-state index in [2.05, 4.69) is 5.10 Å². The molecule has 0 saturated carbocycles. The molecule has 0 aliphatic heterocycles. The number of thiophene rings is 1. The van der Waals surface area contributed by atoms with E-state index >= 15 is 0 Å². The van der Waals surface area contributed by atoms with Crippen molar-refractivity contribution in [2.75, 3.05) is 5.73 Å². The Morgan fingerprint density at radius 2 is 2.42 bits per heavy atom. The molecule has 0 atom stereocenters. The Labute approximate surface area is 74.4 Å². The van der Waals surface area contributed by atoms with Crippen LogP contribution in [-0.2, 0) is 7.05 Å². The standard InChI is InChI=1S/C8H9N3S/c1-11-8(6(9)5-10-11)7-3-2-4-12-7/h2-5H,9H2,1H3. The van der Waals surface area contributed by atoms with Crippen molar-refractivity contribution in [1.82, 2.24) is 9.78 Å². The lowest BCUT2D eigenvalue weighted by atomic mass is 10.3. The third kappa shape index (κ3) is 1.00. The summed E-state index contributed by atoms with van der Waals surface area (Å²) in [4.78, 5) is 1.16. The van der Waals surface area contributed by atoms with Crippen LogP contribution in [0.15, 0.2) is 23.7 Å². The van der Waals surface area contributed by atoms with Crippen LogP contribution in [0.25, 0.3) is 10.6 Å². The van der Waals surface area contributed by atoms with Crippen LogP contribution in [0.3, 0.4) is 0 Å². The second-order valence-corrected chi connectivity index (χ2v) is 3.50. The molecule has 2 N–H and O–H groups in total. The molecular weight excluding hydrogens is 170 g/mol. The van der Waals surface area contributed by atoms with Crippen molar-refractivity contribution in [2.45, 2.75) is 0 Å². The summed E-state index contributed by atoms with van der Waals surface area (Å²) in [6.07, 6.45) is 1.68. The second kappa shape index (κ2) is 2.64. The van der Waals surface area contributed by atoms with Crippen molar-refractivity contribution in [3.05, 3.63) is 23.7 Å². The van der Waals surface area contributed by atoms with Crippen molar-refractivity contribution >= 4 is 17.0 Å². The fraction of sp³-hybridized carbons (Fsp3) is 0.125. The maximum absolute atomic E-state index is 5.76. The first kappa shape index (κ1) is 7.36. The summed E-state index contributed by atoms with van der Waals surface area (Å²) in [5.41, 5.74) is 7.50. The highest BCUT2D eigenvalue weighted by atomic mass is 32.1. The van der Waals surface area contributed by atoms with Gasteiger partial charge in [0.25, 0.3) is 0 Å². The SMILES string of the molecule is Cn1ncc(N)c1-c1cccs1. The normalized spacial score (nSPS) is 10.4. The lowest BCUT2D eigenvalue weighted by molar-refractivity contribution is 0.777. The molecule has 0 saturated heterocycles. The quantitative estimate of drug-likeness (QED) is 0.724. The molecule has 4 heteroatoms. The summed E-state index contributed by atoms with van der Waals surface area (Å²) in [6.45, 7) is 0. The number of nitrogen functional groups attached to an aromatic ring is 1. The molecule has 0 radical (unpaired) electrons. The summed E-state index contributed by atoms with van der Waals surface area (Å²) < 4.78 is 1.79. The maximum Gasteiger partial charge on any atom is 0.101 e. The average molecular weight is 179 g/mol. The van der Waals surface area contributed by atoms with Crippen molar-refractivity contribution in [3.8, 4) is 10.6 Å². The zero-order valence-corrected chi connectivity index (χ0v) is 7.51. The number of hydrogen-bond donors (Lipinski definition) is 1. The first-order chi connectivity index (χ1) is 5.79. The summed E-state index contributed by atoms with van der Waals surface area (Å²) in [5.74, 6) is 0. The van der Waals surface area contributed by atoms with E-state index in [0.717, 1.165) is 16.3 Å². The molecule has 0 spiro atoms. The van der Waals surface area contributed by atoms with Crippen LogP contribution in [0.5, 0.6) is 0 Å². The second-order valence-electron chi connectivity index (χ2n) is 2.55. The zero-order valence-electron chi connectivity index (χ0n) is 6.69. The predicted octanol–water partition coefficient (Wildman–Crippen LogP) is 1.73. The lowest BCUT2D eigenvalue weighted by Crippen LogP contribution is -1.93. The molecule has 2 rings (SSSR count). The number of nitrogens with zero attached hydrogens (tertiary/aromatic N) is 2. The van der Waals surface area contributed by atoms with Gasteiger partial charge >= 0.3 is 0 Å². The number of aromatic nitrogens is 2. The van der Waals surface area contributed by atoms with Gasteiger partial charge in [-0.1, -0.05) is 6.07 Å². The Balaban J connectivity index is 2.60. The van der Waals surface area contributed by atoms with E-state index in [-0.39, 0.29) is 0 Å². The van der Waals surface area contributed by atoms with Gasteiger partial charge in [-0.3, -0.25) is 4.68 Å². The van der Waals surface area contributed by atoms with Gasteiger partial charge in [-0.2, -0.15) is 5.10 Å². The predicted molar refractivity (Wildman–Crippen MR) is 50.9 cm³/mol. The van der Waals surface area contributed by atoms with Crippen molar-refractivity contribution in [1.29, 1.82) is 0 Å².